The van der Waals surface area contributed by atoms with Crippen LogP contribution in [-0.2, 0) is 9.53 Å². The Bertz CT molecular complexity index is 879. The number of halogens is 1. The van der Waals surface area contributed by atoms with E-state index in [9.17, 15) is 19.1 Å². The van der Waals surface area contributed by atoms with Crippen LogP contribution in [0.1, 0.15) is 37.0 Å². The van der Waals surface area contributed by atoms with Crippen molar-refractivity contribution in [1.82, 2.24) is 0 Å². The fourth-order valence-corrected chi connectivity index (χ4v) is 2.81. The maximum Gasteiger partial charge on any atom is 0.412 e. The van der Waals surface area contributed by atoms with Crippen LogP contribution in [0.3, 0.4) is 0 Å². The molecule has 0 saturated carbocycles. The monoisotopic (exact) mass is 401 g/mol. The molecule has 0 aliphatic rings. The maximum atomic E-state index is 13.8. The summed E-state index contributed by atoms with van der Waals surface area (Å²) in [5.74, 6) is -2.58. The third-order valence-electron chi connectivity index (χ3n) is 4.40. The Hall–Kier alpha value is -3.35. The molecule has 0 saturated heterocycles. The first kappa shape index (κ1) is 21.9. The number of hydrogen-bond donors (Lipinski definition) is 3. The zero-order valence-electron chi connectivity index (χ0n) is 16.3. The van der Waals surface area contributed by atoms with Gasteiger partial charge in [-0.25, -0.2) is 14.0 Å². The summed E-state index contributed by atoms with van der Waals surface area (Å²) in [6.45, 7) is 3.75. The van der Waals surface area contributed by atoms with E-state index in [1.54, 1.807) is 12.1 Å². The van der Waals surface area contributed by atoms with E-state index in [0.29, 0.717) is 24.1 Å². The van der Waals surface area contributed by atoms with Gasteiger partial charge in [-0.05, 0) is 55.5 Å². The van der Waals surface area contributed by atoms with Crippen LogP contribution < -0.4 is 5.32 Å². The molecule has 0 unspecified atom stereocenters. The van der Waals surface area contributed by atoms with Gasteiger partial charge >= 0.3 is 12.1 Å². The molecule has 2 atom stereocenters. The molecule has 0 heterocycles. The summed E-state index contributed by atoms with van der Waals surface area (Å²) in [5.41, 5.74) is 2.01. The molecule has 2 rings (SSSR count). The minimum atomic E-state index is -1.04. The van der Waals surface area contributed by atoms with Gasteiger partial charge in [0.05, 0.1) is 0 Å². The molecule has 0 spiro atoms. The Morgan fingerprint density at radius 1 is 1.21 bits per heavy atom. The van der Waals surface area contributed by atoms with Crippen LogP contribution in [0.5, 0.6) is 5.75 Å². The van der Waals surface area contributed by atoms with Crippen molar-refractivity contribution in [2.45, 2.75) is 32.8 Å². The number of nitrogens with one attached hydrogen (secondary N) is 1. The number of allylic oxidation sites excluding steroid dienone is 1. The molecule has 29 heavy (non-hydrogen) atoms. The number of ether oxygens (including phenoxy) is 1. The number of carbonyl (C=O) groups is 2. The SMILES string of the molecule is Cc1ccc(NC(=O)O[C@@H](c2ccc(O)c(F)c2)[C@H](C)CC/C=C/C(=O)O)cc1. The van der Waals surface area contributed by atoms with Gasteiger partial charge in [0.15, 0.2) is 11.6 Å². The Kier molecular flexibility index (Phi) is 7.77. The summed E-state index contributed by atoms with van der Waals surface area (Å²) in [7, 11) is 0. The number of phenols is 1. The van der Waals surface area contributed by atoms with Gasteiger partial charge in [0.25, 0.3) is 0 Å². The van der Waals surface area contributed by atoms with Crippen LogP contribution in [0, 0.1) is 18.7 Å². The lowest BCUT2D eigenvalue weighted by atomic mass is 9.93. The second-order valence-corrected chi connectivity index (χ2v) is 6.82. The molecule has 1 amide bonds. The van der Waals surface area contributed by atoms with Crippen LogP contribution in [-0.4, -0.2) is 22.3 Å². The zero-order valence-corrected chi connectivity index (χ0v) is 16.3. The number of hydrogen-bond acceptors (Lipinski definition) is 4. The molecular weight excluding hydrogens is 377 g/mol. The first-order valence-corrected chi connectivity index (χ1v) is 9.18. The molecule has 2 aromatic carbocycles. The van der Waals surface area contributed by atoms with Crippen molar-refractivity contribution in [3.05, 3.63) is 71.6 Å². The van der Waals surface area contributed by atoms with E-state index in [-0.39, 0.29) is 5.92 Å². The fourth-order valence-electron chi connectivity index (χ4n) is 2.81. The van der Waals surface area contributed by atoms with E-state index in [4.69, 9.17) is 9.84 Å². The molecule has 0 aliphatic carbocycles. The number of aromatic hydroxyl groups is 1. The number of benzene rings is 2. The number of rotatable bonds is 8. The number of carboxylic acid groups (broad SMARTS) is 1. The summed E-state index contributed by atoms with van der Waals surface area (Å²) < 4.78 is 19.4. The van der Waals surface area contributed by atoms with Crippen LogP contribution >= 0.6 is 0 Å². The van der Waals surface area contributed by atoms with E-state index in [1.807, 2.05) is 26.0 Å². The lowest BCUT2D eigenvalue weighted by Gasteiger charge is -2.25. The average molecular weight is 401 g/mol. The molecule has 0 aromatic heterocycles. The Morgan fingerprint density at radius 2 is 1.90 bits per heavy atom. The highest BCUT2D eigenvalue weighted by molar-refractivity contribution is 5.84. The molecular formula is C22H24FNO5. The topological polar surface area (TPSA) is 95.9 Å². The Morgan fingerprint density at radius 3 is 2.52 bits per heavy atom. The van der Waals surface area contributed by atoms with Crippen molar-refractivity contribution < 1.29 is 28.9 Å². The number of carboxylic acids is 1. The van der Waals surface area contributed by atoms with Gasteiger partial charge in [-0.15, -0.1) is 0 Å². The summed E-state index contributed by atoms with van der Waals surface area (Å²) in [6, 6.07) is 11.0. The van der Waals surface area contributed by atoms with Crippen LogP contribution in [0.4, 0.5) is 14.9 Å². The smallest absolute Gasteiger partial charge is 0.412 e. The summed E-state index contributed by atoms with van der Waals surface area (Å²) in [6.07, 6.45) is 2.04. The largest absolute Gasteiger partial charge is 0.505 e. The minimum absolute atomic E-state index is 0.235. The highest BCUT2D eigenvalue weighted by Gasteiger charge is 2.24. The Balaban J connectivity index is 2.14. The lowest BCUT2D eigenvalue weighted by Crippen LogP contribution is -2.22. The lowest BCUT2D eigenvalue weighted by molar-refractivity contribution is -0.131. The highest BCUT2D eigenvalue weighted by Crippen LogP contribution is 2.32. The molecule has 0 bridgehead atoms. The zero-order chi connectivity index (χ0) is 21.4. The standard InChI is InChI=1S/C22H24FNO5/c1-14-7-10-17(11-8-14)24-22(28)29-21(15(2)5-3-4-6-20(26)27)16-9-12-19(25)18(23)13-16/h4,6-13,15,21,25H,3,5H2,1-2H3,(H,24,28)(H,26,27)/b6-4+/t15-,21-/m1/s1. The molecule has 7 heteroatoms. The maximum absolute atomic E-state index is 13.8. The number of aliphatic carboxylic acids is 1. The van der Waals surface area contributed by atoms with E-state index in [1.165, 1.54) is 18.2 Å². The van der Waals surface area contributed by atoms with Crippen molar-refractivity contribution in [2.75, 3.05) is 5.32 Å². The third kappa shape index (κ3) is 6.95. The van der Waals surface area contributed by atoms with Gasteiger partial charge in [-0.2, -0.15) is 0 Å². The highest BCUT2D eigenvalue weighted by atomic mass is 19.1. The van der Waals surface area contributed by atoms with Crippen molar-refractivity contribution in [3.63, 3.8) is 0 Å². The van der Waals surface area contributed by atoms with Gasteiger partial charge in [-0.1, -0.05) is 36.8 Å². The molecule has 0 radical (unpaired) electrons. The van der Waals surface area contributed by atoms with E-state index >= 15 is 0 Å². The average Bonchev–Trinajstić information content (AvgIpc) is 2.67. The summed E-state index contributed by atoms with van der Waals surface area (Å²) in [5, 5.41) is 20.7. The number of amides is 1. The summed E-state index contributed by atoms with van der Waals surface area (Å²) >= 11 is 0. The van der Waals surface area contributed by atoms with Crippen LogP contribution in [0.2, 0.25) is 0 Å². The first-order valence-electron chi connectivity index (χ1n) is 9.18. The molecule has 154 valence electrons. The van der Waals surface area contributed by atoms with Gasteiger partial charge in [-0.3, -0.25) is 5.32 Å². The van der Waals surface area contributed by atoms with Crippen molar-refractivity contribution in [2.24, 2.45) is 5.92 Å². The van der Waals surface area contributed by atoms with Crippen LogP contribution in [0.25, 0.3) is 0 Å². The Labute approximate surface area is 168 Å². The molecule has 0 aliphatic heterocycles. The fraction of sp³-hybridized carbons (Fsp3) is 0.273. The van der Waals surface area contributed by atoms with E-state index in [2.05, 4.69) is 5.32 Å². The quantitative estimate of drug-likeness (QED) is 0.529. The second kappa shape index (κ2) is 10.3. The van der Waals surface area contributed by atoms with Crippen molar-refractivity contribution in [1.29, 1.82) is 0 Å². The van der Waals surface area contributed by atoms with Crippen molar-refractivity contribution >= 4 is 17.7 Å². The number of phenolic OH excluding ortho intramolecular Hbond substituents is 1. The number of carbonyl (C=O) groups excluding carboxylic acids is 1. The minimum Gasteiger partial charge on any atom is -0.505 e. The van der Waals surface area contributed by atoms with Gasteiger partial charge < -0.3 is 14.9 Å². The normalized spacial score (nSPS) is 13.1. The summed E-state index contributed by atoms with van der Waals surface area (Å²) in [4.78, 5) is 23.0. The molecule has 0 fully saturated rings. The number of anilines is 1. The predicted molar refractivity (Wildman–Crippen MR) is 107 cm³/mol. The molecule has 6 nitrogen and oxygen atoms in total. The third-order valence-corrected chi connectivity index (χ3v) is 4.40. The number of aryl methyl sites for hydroxylation is 1. The van der Waals surface area contributed by atoms with Gasteiger partial charge in [0, 0.05) is 11.8 Å². The van der Waals surface area contributed by atoms with Crippen LogP contribution in [0.15, 0.2) is 54.6 Å². The molecule has 2 aromatic rings. The second-order valence-electron chi connectivity index (χ2n) is 6.82. The van der Waals surface area contributed by atoms with Gasteiger partial charge in [0.2, 0.25) is 0 Å². The van der Waals surface area contributed by atoms with E-state index in [0.717, 1.165) is 17.7 Å². The first-order chi connectivity index (χ1) is 13.8. The molecule has 3 N–H and O–H groups in total. The van der Waals surface area contributed by atoms with Gasteiger partial charge in [0.1, 0.15) is 6.10 Å². The van der Waals surface area contributed by atoms with E-state index < -0.39 is 29.7 Å². The van der Waals surface area contributed by atoms with Crippen molar-refractivity contribution in [3.8, 4) is 5.75 Å². The predicted octanol–water partition coefficient (Wildman–Crippen LogP) is 5.19.